The number of Topliss-reactive ketones (excluding diaryl/α,β-unsaturated/α-hetero) is 1. The van der Waals surface area contributed by atoms with Gasteiger partial charge in [0.1, 0.15) is 11.5 Å². The standard InChI is InChI=1S/C52H56ClN5O5/c1-7-51(3,4)35-21-28-47(42(30-35)52(5,6)8-2)63-33-48(60)55-38-26-27-43(53)45(31-38)56-50(62)41-32-44(39-18-12-13-19-40(39)49(41)61)58-57-37-24-22-36(23-25-37)54-29-15-14-20-46(59)34-16-10-9-11-17-34/h9-13,16-19,21-28,30-32,54,61H,7-8,14-15,20,29,33H2,1-6H3,(H,55,60)(H,56,62). The third-order valence-corrected chi connectivity index (χ3v) is 12.1. The fourth-order valence-corrected chi connectivity index (χ4v) is 7.16. The van der Waals surface area contributed by atoms with Crippen LogP contribution in [0.1, 0.15) is 105 Å². The third-order valence-electron chi connectivity index (χ3n) is 11.7. The zero-order chi connectivity index (χ0) is 45.1. The second-order valence-corrected chi connectivity index (χ2v) is 17.3. The van der Waals surface area contributed by atoms with Crippen molar-refractivity contribution in [2.45, 2.75) is 84.5 Å². The molecule has 10 nitrogen and oxygen atoms in total. The molecule has 4 N–H and O–H groups in total. The van der Waals surface area contributed by atoms with E-state index in [2.05, 4.69) is 79.9 Å². The Kier molecular flexibility index (Phi) is 15.0. The van der Waals surface area contributed by atoms with E-state index in [4.69, 9.17) is 16.3 Å². The summed E-state index contributed by atoms with van der Waals surface area (Å²) in [6, 6.07) is 36.4. The maximum atomic E-state index is 13.8. The minimum absolute atomic E-state index is 0.00111. The lowest BCUT2D eigenvalue weighted by atomic mass is 9.76. The largest absolute Gasteiger partial charge is 0.506 e. The molecule has 0 unspecified atom stereocenters. The van der Waals surface area contributed by atoms with E-state index in [9.17, 15) is 19.5 Å². The number of hydrogen-bond acceptors (Lipinski definition) is 8. The molecule has 0 aliphatic rings. The van der Waals surface area contributed by atoms with Crippen molar-refractivity contribution in [3.05, 3.63) is 149 Å². The predicted octanol–water partition coefficient (Wildman–Crippen LogP) is 13.7. The zero-order valence-electron chi connectivity index (χ0n) is 36.8. The molecule has 6 aromatic carbocycles. The molecule has 0 aliphatic heterocycles. The molecule has 0 bridgehead atoms. The number of nitrogens with zero attached hydrogens (tertiary/aromatic N) is 2. The van der Waals surface area contributed by atoms with Gasteiger partial charge in [-0.3, -0.25) is 14.4 Å². The number of phenols is 1. The fourth-order valence-electron chi connectivity index (χ4n) is 7.00. The van der Waals surface area contributed by atoms with Gasteiger partial charge in [0.15, 0.2) is 12.4 Å². The number of ether oxygens (including phenoxy) is 1. The molecule has 0 saturated carbocycles. The van der Waals surface area contributed by atoms with E-state index in [1.54, 1.807) is 36.4 Å². The predicted molar refractivity (Wildman–Crippen MR) is 256 cm³/mol. The molecule has 63 heavy (non-hydrogen) atoms. The molecule has 0 atom stereocenters. The van der Waals surface area contributed by atoms with Crippen molar-refractivity contribution in [1.82, 2.24) is 0 Å². The summed E-state index contributed by atoms with van der Waals surface area (Å²) < 4.78 is 6.12. The fraction of sp³-hybridized carbons (Fsp3) is 0.288. The van der Waals surface area contributed by atoms with E-state index in [-0.39, 0.29) is 51.2 Å². The number of benzene rings is 6. The molecule has 0 heterocycles. The van der Waals surface area contributed by atoms with Crippen LogP contribution in [0.3, 0.4) is 0 Å². The van der Waals surface area contributed by atoms with Gasteiger partial charge in [0.05, 0.1) is 27.6 Å². The topological polar surface area (TPSA) is 141 Å². The second-order valence-electron chi connectivity index (χ2n) is 16.9. The average Bonchev–Trinajstić information content (AvgIpc) is 3.29. The van der Waals surface area contributed by atoms with Crippen molar-refractivity contribution >= 4 is 68.4 Å². The average molecular weight is 867 g/mol. The van der Waals surface area contributed by atoms with Gasteiger partial charge in [-0.25, -0.2) is 0 Å². The number of nitrogens with one attached hydrogen (secondary N) is 3. The first-order valence-electron chi connectivity index (χ1n) is 21.5. The van der Waals surface area contributed by atoms with Crippen LogP contribution in [0.4, 0.5) is 28.4 Å². The number of carbonyl (C=O) groups excluding carboxylic acids is 3. The molecule has 0 aliphatic carbocycles. The number of unbranched alkanes of at least 4 members (excludes halogenated alkanes) is 1. The van der Waals surface area contributed by atoms with E-state index < -0.39 is 5.91 Å². The normalized spacial score (nSPS) is 11.7. The third kappa shape index (κ3) is 11.7. The summed E-state index contributed by atoms with van der Waals surface area (Å²) in [4.78, 5) is 39.4. The first-order valence-corrected chi connectivity index (χ1v) is 21.8. The van der Waals surface area contributed by atoms with Gasteiger partial charge in [-0.1, -0.05) is 120 Å². The van der Waals surface area contributed by atoms with Crippen LogP contribution in [0.2, 0.25) is 5.02 Å². The van der Waals surface area contributed by atoms with E-state index in [1.807, 2.05) is 66.7 Å². The molecule has 326 valence electrons. The Hall–Kier alpha value is -6.52. The summed E-state index contributed by atoms with van der Waals surface area (Å²) in [5, 5.41) is 30.5. The van der Waals surface area contributed by atoms with Crippen LogP contribution < -0.4 is 20.7 Å². The molecule has 0 spiro atoms. The summed E-state index contributed by atoms with van der Waals surface area (Å²) in [6.07, 6.45) is 4.02. The Balaban J connectivity index is 1.10. The van der Waals surface area contributed by atoms with Gasteiger partial charge < -0.3 is 25.8 Å². The van der Waals surface area contributed by atoms with Crippen LogP contribution in [0.25, 0.3) is 10.8 Å². The van der Waals surface area contributed by atoms with Crippen LogP contribution in [0, 0.1) is 0 Å². The first kappa shape index (κ1) is 46.0. The van der Waals surface area contributed by atoms with Crippen molar-refractivity contribution in [1.29, 1.82) is 0 Å². The molecule has 11 heteroatoms. The smallest absolute Gasteiger partial charge is 0.262 e. The number of aromatic hydroxyl groups is 1. The van der Waals surface area contributed by atoms with Gasteiger partial charge in [-0.15, -0.1) is 5.11 Å². The number of ketones is 1. The number of carbonyl (C=O) groups is 3. The van der Waals surface area contributed by atoms with Crippen LogP contribution in [-0.2, 0) is 15.6 Å². The summed E-state index contributed by atoms with van der Waals surface area (Å²) >= 11 is 6.54. The lowest BCUT2D eigenvalue weighted by Crippen LogP contribution is -2.24. The van der Waals surface area contributed by atoms with Gasteiger partial charge >= 0.3 is 0 Å². The number of anilines is 3. The van der Waals surface area contributed by atoms with Crippen molar-refractivity contribution in [3.63, 3.8) is 0 Å². The Morgan fingerprint density at radius 1 is 0.714 bits per heavy atom. The summed E-state index contributed by atoms with van der Waals surface area (Å²) in [5.41, 5.74) is 5.31. The highest BCUT2D eigenvalue weighted by atomic mass is 35.5. The Morgan fingerprint density at radius 3 is 2.11 bits per heavy atom. The lowest BCUT2D eigenvalue weighted by Gasteiger charge is -2.30. The van der Waals surface area contributed by atoms with Crippen LogP contribution in [0.15, 0.2) is 132 Å². The Bertz CT molecular complexity index is 2610. The van der Waals surface area contributed by atoms with Crippen LogP contribution in [0.5, 0.6) is 11.5 Å². The second kappa shape index (κ2) is 20.6. The maximum Gasteiger partial charge on any atom is 0.262 e. The van der Waals surface area contributed by atoms with Crippen LogP contribution in [-0.4, -0.2) is 35.9 Å². The van der Waals surface area contributed by atoms with Gasteiger partial charge in [0, 0.05) is 46.2 Å². The summed E-state index contributed by atoms with van der Waals surface area (Å²) in [6.45, 7) is 13.6. The minimum atomic E-state index is -0.635. The number of phenolic OH excluding ortho intramolecular Hbond substituents is 1. The summed E-state index contributed by atoms with van der Waals surface area (Å²) in [5.74, 6) is -0.434. The summed E-state index contributed by atoms with van der Waals surface area (Å²) in [7, 11) is 0. The van der Waals surface area contributed by atoms with E-state index in [0.29, 0.717) is 40.0 Å². The highest BCUT2D eigenvalue weighted by molar-refractivity contribution is 6.34. The number of halogens is 1. The molecule has 6 aromatic rings. The molecule has 0 saturated heterocycles. The number of azo groups is 1. The molecule has 0 fully saturated rings. The number of fused-ring (bicyclic) bond motifs is 1. The van der Waals surface area contributed by atoms with Crippen molar-refractivity contribution in [2.75, 3.05) is 29.1 Å². The van der Waals surface area contributed by atoms with E-state index >= 15 is 0 Å². The number of hydrogen-bond donors (Lipinski definition) is 4. The molecular weight excluding hydrogens is 810 g/mol. The quantitative estimate of drug-likeness (QED) is 0.0363. The molecule has 0 aromatic heterocycles. The number of rotatable bonds is 19. The minimum Gasteiger partial charge on any atom is -0.506 e. The maximum absolute atomic E-state index is 13.8. The first-order chi connectivity index (χ1) is 30.2. The van der Waals surface area contributed by atoms with Crippen molar-refractivity contribution < 1.29 is 24.2 Å². The van der Waals surface area contributed by atoms with Crippen molar-refractivity contribution in [2.24, 2.45) is 10.2 Å². The molecular formula is C52H56ClN5O5. The van der Waals surface area contributed by atoms with Gasteiger partial charge in [-0.2, -0.15) is 5.11 Å². The molecule has 6 rings (SSSR count). The zero-order valence-corrected chi connectivity index (χ0v) is 37.6. The van der Waals surface area contributed by atoms with Crippen molar-refractivity contribution in [3.8, 4) is 11.5 Å². The van der Waals surface area contributed by atoms with E-state index in [0.717, 1.165) is 49.0 Å². The lowest BCUT2D eigenvalue weighted by molar-refractivity contribution is -0.118. The van der Waals surface area contributed by atoms with Gasteiger partial charge in [0.2, 0.25) is 0 Å². The Morgan fingerprint density at radius 2 is 1.40 bits per heavy atom. The van der Waals surface area contributed by atoms with Gasteiger partial charge in [0.25, 0.3) is 11.8 Å². The number of amides is 2. The monoisotopic (exact) mass is 865 g/mol. The molecule has 0 radical (unpaired) electrons. The highest BCUT2D eigenvalue weighted by Crippen LogP contribution is 2.40. The van der Waals surface area contributed by atoms with Gasteiger partial charge in [-0.05, 0) is 96.7 Å². The Labute approximate surface area is 375 Å². The van der Waals surface area contributed by atoms with Crippen LogP contribution >= 0.6 is 11.6 Å². The molecule has 2 amide bonds. The SMILES string of the molecule is CCC(C)(C)c1ccc(OCC(=O)Nc2ccc(Cl)c(NC(=O)c3cc(N=Nc4ccc(NCCCCC(=O)c5ccccc5)cc4)c4ccccc4c3O)c2)c(C(C)(C)CC)c1. The van der Waals surface area contributed by atoms with E-state index in [1.165, 1.54) is 11.6 Å². The highest BCUT2D eigenvalue weighted by Gasteiger charge is 2.27.